The van der Waals surface area contributed by atoms with Crippen LogP contribution in [0, 0.1) is 0 Å². The smallest absolute Gasteiger partial charge is 0.261 e. The van der Waals surface area contributed by atoms with E-state index in [4.69, 9.17) is 10.6 Å². The number of benzene rings is 1. The third-order valence-electron chi connectivity index (χ3n) is 5.65. The molecule has 0 saturated heterocycles. The molecule has 0 atom stereocenters. The van der Waals surface area contributed by atoms with Gasteiger partial charge >= 0.3 is 0 Å². The van der Waals surface area contributed by atoms with Gasteiger partial charge in [0.2, 0.25) is 5.95 Å². The van der Waals surface area contributed by atoms with Crippen LogP contribution in [0.5, 0.6) is 0 Å². The van der Waals surface area contributed by atoms with E-state index >= 15 is 0 Å². The molecule has 3 aromatic heterocycles. The van der Waals surface area contributed by atoms with Gasteiger partial charge in [0.15, 0.2) is 0 Å². The highest BCUT2D eigenvalue weighted by Gasteiger charge is 2.20. The number of nitrogens with zero attached hydrogens (tertiary/aromatic N) is 6. The summed E-state index contributed by atoms with van der Waals surface area (Å²) in [5, 5.41) is 12.3. The van der Waals surface area contributed by atoms with Gasteiger partial charge in [-0.15, -0.1) is 11.3 Å². The largest absolute Gasteiger partial charge is 0.394 e. The molecule has 10 nitrogen and oxygen atoms in total. The van der Waals surface area contributed by atoms with Gasteiger partial charge < -0.3 is 20.8 Å². The zero-order valence-electron chi connectivity index (χ0n) is 20.6. The van der Waals surface area contributed by atoms with Crippen molar-refractivity contribution in [1.29, 1.82) is 0 Å². The third kappa shape index (κ3) is 5.69. The number of fused-ring (bicyclic) bond motifs is 1. The number of nitrogens with one attached hydrogen (secondary N) is 1. The molecule has 0 radical (unpaired) electrons. The Morgan fingerprint density at radius 2 is 1.97 bits per heavy atom. The first-order valence-electron chi connectivity index (χ1n) is 11.9. The molecule has 36 heavy (non-hydrogen) atoms. The lowest BCUT2D eigenvalue weighted by Gasteiger charge is -2.16. The van der Waals surface area contributed by atoms with Crippen LogP contribution in [0.25, 0.3) is 15.9 Å². The number of nitrogens with two attached hydrogens (primary N) is 1. The van der Waals surface area contributed by atoms with Gasteiger partial charge in [0.25, 0.3) is 5.91 Å². The SMILES string of the molecule is CCNC(=O)c1cc2c(/C(=N\OCCN(CC)CC)c3ccc(-n4cccn4)cc3)nc(N)nc2s1. The van der Waals surface area contributed by atoms with Crippen molar-refractivity contribution < 1.29 is 9.63 Å². The van der Waals surface area contributed by atoms with Crippen LogP contribution in [0.1, 0.15) is 41.7 Å². The summed E-state index contributed by atoms with van der Waals surface area (Å²) in [6.07, 6.45) is 3.61. The summed E-state index contributed by atoms with van der Waals surface area (Å²) < 4.78 is 1.78. The second kappa shape index (κ2) is 11.7. The summed E-state index contributed by atoms with van der Waals surface area (Å²) in [5.74, 6) is -0.0617. The minimum Gasteiger partial charge on any atom is -0.394 e. The number of carbonyl (C=O) groups excluding carboxylic acids is 1. The third-order valence-corrected chi connectivity index (χ3v) is 6.68. The van der Waals surface area contributed by atoms with Crippen LogP contribution < -0.4 is 11.1 Å². The monoisotopic (exact) mass is 506 g/mol. The lowest BCUT2D eigenvalue weighted by atomic mass is 10.0. The molecule has 0 bridgehead atoms. The topological polar surface area (TPSA) is 124 Å². The minimum atomic E-state index is -0.164. The normalized spacial score (nSPS) is 11.8. The van der Waals surface area contributed by atoms with Crippen molar-refractivity contribution in [3.63, 3.8) is 0 Å². The van der Waals surface area contributed by atoms with Crippen molar-refractivity contribution in [2.24, 2.45) is 5.16 Å². The minimum absolute atomic E-state index is 0.103. The van der Waals surface area contributed by atoms with Crippen LogP contribution in [0.2, 0.25) is 0 Å². The number of likely N-dealkylation sites (N-methyl/N-ethyl adjacent to an activating group) is 1. The van der Waals surface area contributed by atoms with Crippen LogP contribution in [0.3, 0.4) is 0 Å². The Balaban J connectivity index is 1.75. The second-order valence-electron chi connectivity index (χ2n) is 7.92. The number of carbonyl (C=O) groups is 1. The molecular weight excluding hydrogens is 476 g/mol. The predicted molar refractivity (Wildman–Crippen MR) is 143 cm³/mol. The molecule has 0 aliphatic rings. The summed E-state index contributed by atoms with van der Waals surface area (Å²) in [7, 11) is 0. The number of hydrogen-bond acceptors (Lipinski definition) is 9. The van der Waals surface area contributed by atoms with Crippen molar-refractivity contribution in [1.82, 2.24) is 30.0 Å². The first-order valence-corrected chi connectivity index (χ1v) is 12.7. The van der Waals surface area contributed by atoms with Crippen LogP contribution in [0.15, 0.2) is 53.9 Å². The van der Waals surface area contributed by atoms with Gasteiger partial charge in [-0.3, -0.25) is 4.79 Å². The summed E-state index contributed by atoms with van der Waals surface area (Å²) >= 11 is 1.27. The zero-order chi connectivity index (χ0) is 25.5. The van der Waals surface area contributed by atoms with E-state index in [1.807, 2.05) is 43.5 Å². The first-order chi connectivity index (χ1) is 17.5. The number of oxime groups is 1. The first kappa shape index (κ1) is 25.3. The number of rotatable bonds is 11. The molecule has 3 N–H and O–H groups in total. The van der Waals surface area contributed by atoms with Crippen molar-refractivity contribution in [2.75, 3.05) is 38.5 Å². The van der Waals surface area contributed by atoms with Crippen molar-refractivity contribution in [3.8, 4) is 5.69 Å². The van der Waals surface area contributed by atoms with E-state index in [0.29, 0.717) is 39.7 Å². The summed E-state index contributed by atoms with van der Waals surface area (Å²) in [6.45, 7) is 9.69. The molecule has 0 aliphatic carbocycles. The number of nitrogen functional groups attached to an aromatic ring is 1. The Morgan fingerprint density at radius 3 is 2.64 bits per heavy atom. The molecular formula is C25H30N8O2S. The van der Waals surface area contributed by atoms with Crippen LogP contribution in [0.4, 0.5) is 5.95 Å². The standard InChI is InChI=1S/C25H30N8O2S/c1-4-27-23(34)20-16-19-22(29-25(26)30-24(19)36-20)21(31-35-15-14-32(5-2)6-3)17-8-10-18(11-9-17)33-13-7-12-28-33/h7-13,16H,4-6,14-15H2,1-3H3,(H,27,34)(H2,26,29,30)/b31-21-. The number of thiophene rings is 1. The van der Waals surface area contributed by atoms with Crippen molar-refractivity contribution in [3.05, 3.63) is 64.9 Å². The Hall–Kier alpha value is -3.83. The van der Waals surface area contributed by atoms with E-state index < -0.39 is 0 Å². The van der Waals surface area contributed by atoms with Gasteiger partial charge in [-0.2, -0.15) is 5.10 Å². The van der Waals surface area contributed by atoms with Gasteiger partial charge in [0, 0.05) is 36.4 Å². The van der Waals surface area contributed by atoms with Crippen LogP contribution >= 0.6 is 11.3 Å². The highest BCUT2D eigenvalue weighted by atomic mass is 32.1. The number of anilines is 1. The maximum atomic E-state index is 12.5. The Kier molecular flexibility index (Phi) is 8.24. The molecule has 4 rings (SSSR count). The van der Waals surface area contributed by atoms with Gasteiger partial charge in [-0.1, -0.05) is 31.1 Å². The summed E-state index contributed by atoms with van der Waals surface area (Å²) in [6, 6.07) is 11.4. The van der Waals surface area contributed by atoms with Crippen molar-refractivity contribution >= 4 is 39.1 Å². The summed E-state index contributed by atoms with van der Waals surface area (Å²) in [5.41, 5.74) is 8.80. The molecule has 3 heterocycles. The molecule has 0 spiro atoms. The van der Waals surface area contributed by atoms with E-state index in [2.05, 4.69) is 44.3 Å². The average molecular weight is 507 g/mol. The second-order valence-corrected chi connectivity index (χ2v) is 8.95. The number of hydrogen-bond donors (Lipinski definition) is 2. The molecule has 0 fully saturated rings. The van der Waals surface area contributed by atoms with Crippen LogP contribution in [-0.4, -0.2) is 69.1 Å². The average Bonchev–Trinajstić information content (AvgIpc) is 3.57. The molecule has 0 aliphatic heterocycles. The maximum Gasteiger partial charge on any atom is 0.261 e. The quantitative estimate of drug-likeness (QED) is 0.182. The number of aromatic nitrogens is 4. The molecule has 1 amide bonds. The van der Waals surface area contributed by atoms with E-state index in [-0.39, 0.29) is 11.9 Å². The van der Waals surface area contributed by atoms with Crippen molar-refractivity contribution in [2.45, 2.75) is 20.8 Å². The van der Waals surface area contributed by atoms with Crippen LogP contribution in [-0.2, 0) is 4.84 Å². The van der Waals surface area contributed by atoms with Gasteiger partial charge in [-0.05, 0) is 44.3 Å². The van der Waals surface area contributed by atoms with E-state index in [1.54, 1.807) is 16.9 Å². The molecule has 0 unspecified atom stereocenters. The van der Waals surface area contributed by atoms with E-state index in [9.17, 15) is 4.79 Å². The molecule has 0 saturated carbocycles. The van der Waals surface area contributed by atoms with Gasteiger partial charge in [-0.25, -0.2) is 14.6 Å². The fourth-order valence-electron chi connectivity index (χ4n) is 3.72. The molecule has 11 heteroatoms. The Labute approximate surface area is 213 Å². The van der Waals surface area contributed by atoms with E-state index in [0.717, 1.165) is 30.9 Å². The predicted octanol–water partition coefficient (Wildman–Crippen LogP) is 3.32. The molecule has 188 valence electrons. The highest BCUT2D eigenvalue weighted by Crippen LogP contribution is 2.29. The maximum absolute atomic E-state index is 12.5. The zero-order valence-corrected chi connectivity index (χ0v) is 21.5. The Bertz CT molecular complexity index is 1330. The number of amides is 1. The lowest BCUT2D eigenvalue weighted by Crippen LogP contribution is -2.26. The molecule has 1 aromatic carbocycles. The van der Waals surface area contributed by atoms with Gasteiger partial charge in [0.05, 0.1) is 10.6 Å². The highest BCUT2D eigenvalue weighted by molar-refractivity contribution is 7.20. The molecule has 4 aromatic rings. The fraction of sp³-hybridized carbons (Fsp3) is 0.320. The fourth-order valence-corrected chi connectivity index (χ4v) is 4.68. The lowest BCUT2D eigenvalue weighted by molar-refractivity contribution is 0.0960. The summed E-state index contributed by atoms with van der Waals surface area (Å²) in [4.78, 5) is 30.5. The van der Waals surface area contributed by atoms with E-state index in [1.165, 1.54) is 11.3 Å². The van der Waals surface area contributed by atoms with Gasteiger partial charge in [0.1, 0.15) is 22.8 Å². The Morgan fingerprint density at radius 1 is 1.19 bits per heavy atom.